The van der Waals surface area contributed by atoms with E-state index >= 15 is 0 Å². The van der Waals surface area contributed by atoms with Crippen LogP contribution in [0.15, 0.2) is 122 Å². The third-order valence-corrected chi connectivity index (χ3v) is 13.2. The predicted octanol–water partition coefficient (Wildman–Crippen LogP) is 21.6. The van der Waals surface area contributed by atoms with Crippen LogP contribution in [0.3, 0.4) is 0 Å². The normalized spacial score (nSPS) is 12.9. The zero-order valence-corrected chi connectivity index (χ0v) is 49.5. The summed E-state index contributed by atoms with van der Waals surface area (Å²) in [5.41, 5.74) is 0. The number of hydrogen-bond acceptors (Lipinski definition) is 6. The standard InChI is InChI=1S/C70H116O6/c1-4-7-10-13-16-19-22-25-28-29-30-31-32-33-34-35-36-37-38-39-40-41-43-45-48-51-54-57-60-63-69(72)75-66-67(65-74-68(71)62-59-56-53-50-47-44-27-24-21-18-15-12-9-6-3)76-70(73)64-61-58-55-52-49-46-42-26-23-20-17-14-11-8-5-2/h7-8,10-11,16-17,19-20,25-26,28,30-31,33-34,36-37,39-40,42,67H,4-6,9,12-15,18,21-24,27,29,32,35,38,41,43-66H2,1-3H3/b10-7-,11-8-,19-16-,20-17-,28-25-,31-30-,34-33-,37-36-,40-39-,42-26-. The number of esters is 3. The third kappa shape index (κ3) is 60.7. The Morgan fingerprint density at radius 2 is 0.513 bits per heavy atom. The Labute approximate surface area is 469 Å². The molecule has 0 aliphatic rings. The first-order valence-electron chi connectivity index (χ1n) is 31.5. The second-order valence-electron chi connectivity index (χ2n) is 20.6. The summed E-state index contributed by atoms with van der Waals surface area (Å²) in [5, 5.41) is 0. The smallest absolute Gasteiger partial charge is 0.306 e. The van der Waals surface area contributed by atoms with Gasteiger partial charge in [0.1, 0.15) is 13.2 Å². The summed E-state index contributed by atoms with van der Waals surface area (Å²) >= 11 is 0. The molecule has 0 aromatic heterocycles. The Morgan fingerprint density at radius 1 is 0.276 bits per heavy atom. The molecule has 0 N–H and O–H groups in total. The highest BCUT2D eigenvalue weighted by atomic mass is 16.6. The first-order chi connectivity index (χ1) is 37.5. The number of rotatable bonds is 56. The molecule has 0 radical (unpaired) electrons. The zero-order chi connectivity index (χ0) is 55.0. The minimum absolute atomic E-state index is 0.0884. The Kier molecular flexibility index (Phi) is 59.9. The predicted molar refractivity (Wildman–Crippen MR) is 330 cm³/mol. The summed E-state index contributed by atoms with van der Waals surface area (Å²) < 4.78 is 16.9. The fourth-order valence-electron chi connectivity index (χ4n) is 8.56. The summed E-state index contributed by atoms with van der Waals surface area (Å²) in [6, 6.07) is 0. The van der Waals surface area contributed by atoms with Gasteiger partial charge in [-0.05, 0) is 109 Å². The van der Waals surface area contributed by atoms with Crippen LogP contribution < -0.4 is 0 Å². The minimum atomic E-state index is -0.794. The zero-order valence-electron chi connectivity index (χ0n) is 49.5. The molecule has 0 rings (SSSR count). The summed E-state index contributed by atoms with van der Waals surface area (Å²) in [6.45, 7) is 6.40. The molecule has 6 heteroatoms. The Morgan fingerprint density at radius 3 is 0.803 bits per heavy atom. The van der Waals surface area contributed by atoms with Gasteiger partial charge in [-0.25, -0.2) is 0 Å². The Balaban J connectivity index is 4.34. The maximum atomic E-state index is 12.9. The molecule has 0 aromatic carbocycles. The molecule has 0 aliphatic heterocycles. The van der Waals surface area contributed by atoms with E-state index in [4.69, 9.17) is 14.2 Å². The Bertz CT molecular complexity index is 1590. The fourth-order valence-corrected chi connectivity index (χ4v) is 8.56. The lowest BCUT2D eigenvalue weighted by atomic mass is 10.0. The molecule has 0 bridgehead atoms. The molecule has 0 saturated carbocycles. The molecule has 1 atom stereocenters. The van der Waals surface area contributed by atoms with Gasteiger partial charge in [0, 0.05) is 19.3 Å². The van der Waals surface area contributed by atoms with Crippen molar-refractivity contribution in [1.82, 2.24) is 0 Å². The molecule has 0 heterocycles. The highest BCUT2D eigenvalue weighted by Crippen LogP contribution is 2.16. The molecule has 76 heavy (non-hydrogen) atoms. The van der Waals surface area contributed by atoms with Crippen molar-refractivity contribution in [3.63, 3.8) is 0 Å². The van der Waals surface area contributed by atoms with E-state index in [1.54, 1.807) is 0 Å². The molecule has 6 nitrogen and oxygen atoms in total. The topological polar surface area (TPSA) is 78.9 Å². The van der Waals surface area contributed by atoms with Gasteiger partial charge >= 0.3 is 17.9 Å². The van der Waals surface area contributed by atoms with Crippen molar-refractivity contribution in [2.24, 2.45) is 0 Å². The monoisotopic (exact) mass is 1050 g/mol. The van der Waals surface area contributed by atoms with Crippen molar-refractivity contribution in [3.8, 4) is 0 Å². The van der Waals surface area contributed by atoms with Crippen LogP contribution in [-0.4, -0.2) is 37.2 Å². The SMILES string of the molecule is CC/C=C\C/C=C\C/C=C\C/C=C\C/C=C\C/C=C\C/C=C\CCCCCCCCCC(=O)OCC(COC(=O)CCCCCCCCCCCCCCCC)OC(=O)CCCCCCC/C=C\C/C=C\C/C=C\CC. The number of allylic oxidation sites excluding steroid dienone is 20. The number of carbonyl (C=O) groups excluding carboxylic acids is 3. The van der Waals surface area contributed by atoms with Crippen LogP contribution in [0.4, 0.5) is 0 Å². The second-order valence-corrected chi connectivity index (χ2v) is 20.6. The van der Waals surface area contributed by atoms with Crippen molar-refractivity contribution in [2.45, 2.75) is 290 Å². The molecule has 0 saturated heterocycles. The van der Waals surface area contributed by atoms with E-state index < -0.39 is 6.10 Å². The minimum Gasteiger partial charge on any atom is -0.462 e. The molecular formula is C70H116O6. The van der Waals surface area contributed by atoms with Crippen LogP contribution >= 0.6 is 0 Å². The van der Waals surface area contributed by atoms with Gasteiger partial charge in [0.05, 0.1) is 0 Å². The van der Waals surface area contributed by atoms with Gasteiger partial charge in [0.15, 0.2) is 6.10 Å². The van der Waals surface area contributed by atoms with Gasteiger partial charge in [0.2, 0.25) is 0 Å². The number of unbranched alkanes of at least 4 members (excludes halogenated alkanes) is 25. The van der Waals surface area contributed by atoms with Crippen molar-refractivity contribution >= 4 is 17.9 Å². The molecule has 432 valence electrons. The summed E-state index contributed by atoms with van der Waals surface area (Å²) in [7, 11) is 0. The first-order valence-corrected chi connectivity index (χ1v) is 31.5. The molecule has 0 fully saturated rings. The summed E-state index contributed by atoms with van der Waals surface area (Å²) in [6.07, 6.45) is 87.7. The number of carbonyl (C=O) groups is 3. The molecule has 0 aliphatic carbocycles. The van der Waals surface area contributed by atoms with Crippen LogP contribution in [-0.2, 0) is 28.6 Å². The van der Waals surface area contributed by atoms with E-state index in [0.717, 1.165) is 148 Å². The maximum Gasteiger partial charge on any atom is 0.306 e. The molecule has 0 aromatic rings. The van der Waals surface area contributed by atoms with E-state index in [1.165, 1.54) is 96.3 Å². The molecule has 1 unspecified atom stereocenters. The van der Waals surface area contributed by atoms with E-state index in [2.05, 4.69) is 142 Å². The van der Waals surface area contributed by atoms with E-state index in [1.807, 2.05) is 0 Å². The van der Waals surface area contributed by atoms with Gasteiger partial charge in [-0.3, -0.25) is 14.4 Å². The van der Waals surface area contributed by atoms with E-state index in [-0.39, 0.29) is 31.1 Å². The van der Waals surface area contributed by atoms with Gasteiger partial charge in [-0.1, -0.05) is 277 Å². The number of ether oxygens (including phenoxy) is 3. The van der Waals surface area contributed by atoms with Crippen molar-refractivity contribution in [2.75, 3.05) is 13.2 Å². The second kappa shape index (κ2) is 63.3. The summed E-state index contributed by atoms with van der Waals surface area (Å²) in [5.74, 6) is -0.912. The van der Waals surface area contributed by atoms with Crippen LogP contribution in [0.1, 0.15) is 284 Å². The fraction of sp³-hybridized carbons (Fsp3) is 0.671. The highest BCUT2D eigenvalue weighted by Gasteiger charge is 2.19. The Hall–Kier alpha value is -4.19. The van der Waals surface area contributed by atoms with E-state index in [9.17, 15) is 14.4 Å². The van der Waals surface area contributed by atoms with Crippen LogP contribution in [0.2, 0.25) is 0 Å². The molecule has 0 spiro atoms. The molecule has 0 amide bonds. The van der Waals surface area contributed by atoms with Crippen LogP contribution in [0.25, 0.3) is 0 Å². The highest BCUT2D eigenvalue weighted by molar-refractivity contribution is 5.71. The lowest BCUT2D eigenvalue weighted by Crippen LogP contribution is -2.30. The average Bonchev–Trinajstić information content (AvgIpc) is 3.42. The van der Waals surface area contributed by atoms with Gasteiger partial charge in [-0.2, -0.15) is 0 Å². The molecular weight excluding hydrogens is 937 g/mol. The largest absolute Gasteiger partial charge is 0.462 e. The lowest BCUT2D eigenvalue weighted by Gasteiger charge is -2.18. The summed E-state index contributed by atoms with van der Waals surface area (Å²) in [4.78, 5) is 38.3. The quantitative estimate of drug-likeness (QED) is 0.0261. The van der Waals surface area contributed by atoms with Crippen molar-refractivity contribution in [3.05, 3.63) is 122 Å². The number of hydrogen-bond donors (Lipinski definition) is 0. The first kappa shape index (κ1) is 71.8. The van der Waals surface area contributed by atoms with Gasteiger partial charge in [0.25, 0.3) is 0 Å². The van der Waals surface area contributed by atoms with Crippen molar-refractivity contribution < 1.29 is 28.6 Å². The van der Waals surface area contributed by atoms with E-state index in [0.29, 0.717) is 19.3 Å². The van der Waals surface area contributed by atoms with Gasteiger partial charge < -0.3 is 14.2 Å². The maximum absolute atomic E-state index is 12.9. The lowest BCUT2D eigenvalue weighted by molar-refractivity contribution is -0.167. The van der Waals surface area contributed by atoms with Crippen LogP contribution in [0.5, 0.6) is 0 Å². The average molecular weight is 1050 g/mol. The third-order valence-electron chi connectivity index (χ3n) is 13.2. The van der Waals surface area contributed by atoms with Gasteiger partial charge in [-0.15, -0.1) is 0 Å². The van der Waals surface area contributed by atoms with Crippen molar-refractivity contribution in [1.29, 1.82) is 0 Å². The van der Waals surface area contributed by atoms with Crippen LogP contribution in [0, 0.1) is 0 Å².